The molecule has 2 N–H and O–H groups in total. The number of amides is 2. The molecule has 0 aliphatic rings. The average molecular weight is 298 g/mol. The highest BCUT2D eigenvalue weighted by Gasteiger charge is 2.23. The van der Waals surface area contributed by atoms with Gasteiger partial charge in [0.15, 0.2) is 0 Å². The molecule has 1 atom stereocenters. The van der Waals surface area contributed by atoms with Gasteiger partial charge in [0.25, 0.3) is 0 Å². The summed E-state index contributed by atoms with van der Waals surface area (Å²) in [6, 6.07) is 3.47. The number of rotatable bonds is 6. The van der Waals surface area contributed by atoms with Crippen molar-refractivity contribution in [1.29, 1.82) is 0 Å². The van der Waals surface area contributed by atoms with Crippen LogP contribution >= 0.6 is 11.3 Å². The highest BCUT2D eigenvalue weighted by atomic mass is 32.1. The number of nitrogens with zero attached hydrogens (tertiary/aromatic N) is 1. The van der Waals surface area contributed by atoms with Gasteiger partial charge in [-0.3, -0.25) is 9.59 Å². The number of hydrogen-bond donors (Lipinski definition) is 2. The van der Waals surface area contributed by atoms with Crippen LogP contribution in [0.1, 0.15) is 38.1 Å². The summed E-state index contributed by atoms with van der Waals surface area (Å²) >= 11 is 1.51. The molecule has 1 unspecified atom stereocenters. The Bertz CT molecular complexity index is 451. The van der Waals surface area contributed by atoms with E-state index in [1.807, 2.05) is 17.5 Å². The van der Waals surface area contributed by atoms with Crippen LogP contribution in [0.15, 0.2) is 17.5 Å². The lowest BCUT2D eigenvalue weighted by Crippen LogP contribution is -2.41. The first-order valence-electron chi connectivity index (χ1n) is 6.46. The number of hydrogen-bond acceptors (Lipinski definition) is 4. The van der Waals surface area contributed by atoms with Crippen molar-refractivity contribution in [2.75, 3.05) is 13.6 Å². The van der Waals surface area contributed by atoms with Crippen molar-refractivity contribution < 1.29 is 14.7 Å². The van der Waals surface area contributed by atoms with Gasteiger partial charge in [0, 0.05) is 25.4 Å². The first-order valence-corrected chi connectivity index (χ1v) is 7.34. The quantitative estimate of drug-likeness (QED) is 0.837. The number of aliphatic hydroxyl groups is 1. The SMILES string of the molecule is CC(=O)NC(CC(=O)N(C)CC(C)(C)O)c1cccs1. The van der Waals surface area contributed by atoms with E-state index in [1.165, 1.54) is 23.2 Å². The zero-order chi connectivity index (χ0) is 15.3. The third-order valence-electron chi connectivity index (χ3n) is 2.69. The molecule has 2 amide bonds. The molecule has 1 heterocycles. The van der Waals surface area contributed by atoms with E-state index in [-0.39, 0.29) is 30.8 Å². The van der Waals surface area contributed by atoms with Gasteiger partial charge in [-0.1, -0.05) is 6.07 Å². The Hall–Kier alpha value is -1.40. The Morgan fingerprint density at radius 3 is 2.60 bits per heavy atom. The van der Waals surface area contributed by atoms with Gasteiger partial charge in [-0.25, -0.2) is 0 Å². The molecule has 6 heteroatoms. The van der Waals surface area contributed by atoms with E-state index in [9.17, 15) is 14.7 Å². The first kappa shape index (κ1) is 16.7. The zero-order valence-corrected chi connectivity index (χ0v) is 13.2. The molecular formula is C14H22N2O3S. The Labute approximate surface area is 123 Å². The Morgan fingerprint density at radius 1 is 1.50 bits per heavy atom. The Morgan fingerprint density at radius 2 is 2.15 bits per heavy atom. The van der Waals surface area contributed by atoms with E-state index in [0.717, 1.165) is 4.88 Å². The third-order valence-corrected chi connectivity index (χ3v) is 3.68. The molecule has 20 heavy (non-hydrogen) atoms. The van der Waals surface area contributed by atoms with Crippen LogP contribution in [-0.2, 0) is 9.59 Å². The molecule has 0 spiro atoms. The molecule has 112 valence electrons. The lowest BCUT2D eigenvalue weighted by atomic mass is 10.1. The van der Waals surface area contributed by atoms with E-state index in [0.29, 0.717) is 0 Å². The van der Waals surface area contributed by atoms with E-state index < -0.39 is 5.60 Å². The highest BCUT2D eigenvalue weighted by molar-refractivity contribution is 7.10. The van der Waals surface area contributed by atoms with Gasteiger partial charge in [-0.2, -0.15) is 0 Å². The van der Waals surface area contributed by atoms with E-state index in [1.54, 1.807) is 20.9 Å². The highest BCUT2D eigenvalue weighted by Crippen LogP contribution is 2.23. The van der Waals surface area contributed by atoms with Gasteiger partial charge < -0.3 is 15.3 Å². The Kier molecular flexibility index (Phi) is 5.71. The van der Waals surface area contributed by atoms with Gasteiger partial charge in [0.1, 0.15) is 0 Å². The van der Waals surface area contributed by atoms with Gasteiger partial charge in [0.2, 0.25) is 11.8 Å². The van der Waals surface area contributed by atoms with Crippen LogP contribution in [0.2, 0.25) is 0 Å². The van der Waals surface area contributed by atoms with Crippen molar-refractivity contribution in [3.8, 4) is 0 Å². The maximum atomic E-state index is 12.2. The third kappa shape index (κ3) is 5.71. The Balaban J connectivity index is 2.70. The summed E-state index contributed by atoms with van der Waals surface area (Å²) in [6.45, 7) is 5.00. The first-order chi connectivity index (χ1) is 9.19. The summed E-state index contributed by atoms with van der Waals surface area (Å²) in [5, 5.41) is 14.4. The maximum absolute atomic E-state index is 12.2. The minimum absolute atomic E-state index is 0.112. The summed E-state index contributed by atoms with van der Waals surface area (Å²) in [5.41, 5.74) is -0.934. The molecule has 0 aliphatic carbocycles. The minimum atomic E-state index is -0.934. The zero-order valence-electron chi connectivity index (χ0n) is 12.3. The van der Waals surface area contributed by atoms with Gasteiger partial charge in [0.05, 0.1) is 18.1 Å². The predicted molar refractivity (Wildman–Crippen MR) is 79.4 cm³/mol. The molecule has 0 radical (unpaired) electrons. The second-order valence-corrected chi connectivity index (χ2v) is 6.51. The molecule has 0 bridgehead atoms. The fourth-order valence-electron chi connectivity index (χ4n) is 1.96. The minimum Gasteiger partial charge on any atom is -0.389 e. The topological polar surface area (TPSA) is 69.6 Å². The standard InChI is InChI=1S/C14H22N2O3S/c1-10(17)15-11(12-6-5-7-20-12)8-13(18)16(4)9-14(2,3)19/h5-7,11,19H,8-9H2,1-4H3,(H,15,17). The van der Waals surface area contributed by atoms with Crippen molar-refractivity contribution in [3.63, 3.8) is 0 Å². The van der Waals surface area contributed by atoms with Crippen molar-refractivity contribution >= 4 is 23.2 Å². The average Bonchev–Trinajstić information content (AvgIpc) is 2.78. The summed E-state index contributed by atoms with van der Waals surface area (Å²) in [4.78, 5) is 25.9. The van der Waals surface area contributed by atoms with Crippen LogP contribution in [0.4, 0.5) is 0 Å². The summed E-state index contributed by atoms with van der Waals surface area (Å²) in [6.07, 6.45) is 0.187. The number of thiophene rings is 1. The van der Waals surface area contributed by atoms with E-state index in [2.05, 4.69) is 5.32 Å². The predicted octanol–water partition coefficient (Wildman–Crippen LogP) is 1.54. The van der Waals surface area contributed by atoms with Gasteiger partial charge in [-0.15, -0.1) is 11.3 Å². The lowest BCUT2D eigenvalue weighted by Gasteiger charge is -2.27. The van der Waals surface area contributed by atoms with Crippen LogP contribution in [0.3, 0.4) is 0 Å². The van der Waals surface area contributed by atoms with E-state index >= 15 is 0 Å². The molecule has 0 saturated carbocycles. The molecule has 1 aromatic heterocycles. The van der Waals surface area contributed by atoms with Crippen molar-refractivity contribution in [1.82, 2.24) is 10.2 Å². The molecule has 1 aromatic rings. The summed E-state index contributed by atoms with van der Waals surface area (Å²) in [5.74, 6) is -0.277. The molecule has 0 saturated heterocycles. The molecule has 0 aromatic carbocycles. The maximum Gasteiger partial charge on any atom is 0.224 e. The fraction of sp³-hybridized carbons (Fsp3) is 0.571. The molecule has 0 fully saturated rings. The molecule has 0 aliphatic heterocycles. The van der Waals surface area contributed by atoms with E-state index in [4.69, 9.17) is 0 Å². The fourth-order valence-corrected chi connectivity index (χ4v) is 2.73. The molecular weight excluding hydrogens is 276 g/mol. The smallest absolute Gasteiger partial charge is 0.224 e. The second-order valence-electron chi connectivity index (χ2n) is 5.53. The number of carbonyl (C=O) groups is 2. The summed E-state index contributed by atoms with van der Waals surface area (Å²) < 4.78 is 0. The lowest BCUT2D eigenvalue weighted by molar-refractivity contribution is -0.133. The second kappa shape index (κ2) is 6.85. The van der Waals surface area contributed by atoms with Crippen LogP contribution in [0, 0.1) is 0 Å². The van der Waals surface area contributed by atoms with Crippen LogP contribution in [0.5, 0.6) is 0 Å². The number of likely N-dealkylation sites (N-methyl/N-ethyl adjacent to an activating group) is 1. The number of carbonyl (C=O) groups excluding carboxylic acids is 2. The van der Waals surface area contributed by atoms with Crippen molar-refractivity contribution in [2.45, 2.75) is 38.8 Å². The largest absolute Gasteiger partial charge is 0.389 e. The van der Waals surface area contributed by atoms with Crippen LogP contribution in [-0.4, -0.2) is 41.0 Å². The van der Waals surface area contributed by atoms with Crippen molar-refractivity contribution in [2.24, 2.45) is 0 Å². The van der Waals surface area contributed by atoms with Crippen LogP contribution < -0.4 is 5.32 Å². The summed E-state index contributed by atoms with van der Waals surface area (Å²) in [7, 11) is 1.65. The van der Waals surface area contributed by atoms with Gasteiger partial charge >= 0.3 is 0 Å². The monoisotopic (exact) mass is 298 g/mol. The molecule has 5 nitrogen and oxygen atoms in total. The van der Waals surface area contributed by atoms with Crippen LogP contribution in [0.25, 0.3) is 0 Å². The van der Waals surface area contributed by atoms with Gasteiger partial charge in [-0.05, 0) is 25.3 Å². The molecule has 1 rings (SSSR count). The number of nitrogens with one attached hydrogen (secondary N) is 1. The normalized spacial score (nSPS) is 12.8. The van der Waals surface area contributed by atoms with Crippen molar-refractivity contribution in [3.05, 3.63) is 22.4 Å².